The summed E-state index contributed by atoms with van der Waals surface area (Å²) in [5.41, 5.74) is 2.00. The predicted molar refractivity (Wildman–Crippen MR) is 141 cm³/mol. The van der Waals surface area contributed by atoms with Crippen LogP contribution in [-0.4, -0.2) is 59.7 Å². The lowest BCUT2D eigenvalue weighted by Gasteiger charge is -2.34. The van der Waals surface area contributed by atoms with Crippen LogP contribution in [0.3, 0.4) is 0 Å². The van der Waals surface area contributed by atoms with Gasteiger partial charge in [-0.05, 0) is 36.9 Å². The molecule has 6 nitrogen and oxygen atoms in total. The normalized spacial score (nSPS) is 17.6. The molecular weight excluding hydrogens is 524 g/mol. The molecule has 4 rings (SSSR count). The zero-order chi connectivity index (χ0) is 23.4. The van der Waals surface area contributed by atoms with E-state index >= 15 is 0 Å². The van der Waals surface area contributed by atoms with Gasteiger partial charge in [0.1, 0.15) is 10.8 Å². The Morgan fingerprint density at radius 3 is 2.61 bits per heavy atom. The van der Waals surface area contributed by atoms with Gasteiger partial charge < -0.3 is 15.0 Å². The number of carbonyl (C=O) groups is 1. The van der Waals surface area contributed by atoms with E-state index in [2.05, 4.69) is 33.1 Å². The Labute approximate surface area is 212 Å². The predicted octanol–water partition coefficient (Wildman–Crippen LogP) is 5.50. The van der Waals surface area contributed by atoms with Gasteiger partial charge in [-0.25, -0.2) is 4.99 Å². The van der Waals surface area contributed by atoms with Crippen molar-refractivity contribution >= 4 is 61.6 Å². The number of anilines is 1. The van der Waals surface area contributed by atoms with Crippen molar-refractivity contribution in [2.45, 2.75) is 25.4 Å². The van der Waals surface area contributed by atoms with Crippen LogP contribution in [0.4, 0.5) is 5.69 Å². The van der Waals surface area contributed by atoms with Gasteiger partial charge in [0.05, 0.1) is 24.3 Å². The molecule has 0 aromatic heterocycles. The van der Waals surface area contributed by atoms with Gasteiger partial charge in [-0.2, -0.15) is 0 Å². The Kier molecular flexibility index (Phi) is 7.79. The Morgan fingerprint density at radius 1 is 1.21 bits per heavy atom. The number of halogens is 2. The standard InChI is InChI=1S/C24H26BrClN4O2S/c1-3-30-12-10-24(11-13-30)28-22(16-4-6-17(25)7-5-16)23(29-24)33-15-21(31)27-19-14-18(26)8-9-20(19)32-2/h4-9,14H,3,10-13,15H2,1-2H3,(H,27,31). The van der Waals surface area contributed by atoms with Crippen LogP contribution < -0.4 is 10.1 Å². The van der Waals surface area contributed by atoms with E-state index in [4.69, 9.17) is 26.3 Å². The number of aliphatic imine (C=N–C) groups is 2. The minimum atomic E-state index is -0.428. The van der Waals surface area contributed by atoms with E-state index < -0.39 is 5.66 Å². The number of benzene rings is 2. The van der Waals surface area contributed by atoms with Crippen LogP contribution in [0.5, 0.6) is 5.75 Å². The molecule has 9 heteroatoms. The molecule has 33 heavy (non-hydrogen) atoms. The SMILES string of the molecule is CCN1CCC2(CC1)N=C(SCC(=O)Nc1cc(Cl)ccc1OC)C(c1ccc(Br)cc1)=N2. The topological polar surface area (TPSA) is 66.3 Å². The van der Waals surface area contributed by atoms with Crippen molar-refractivity contribution in [1.29, 1.82) is 0 Å². The molecule has 1 amide bonds. The van der Waals surface area contributed by atoms with E-state index in [0.717, 1.165) is 53.3 Å². The number of rotatable bonds is 6. The molecule has 0 saturated carbocycles. The average Bonchev–Trinajstić information content (AvgIpc) is 3.17. The first kappa shape index (κ1) is 24.3. The first-order chi connectivity index (χ1) is 15.9. The van der Waals surface area contributed by atoms with Crippen LogP contribution in [-0.2, 0) is 4.79 Å². The summed E-state index contributed by atoms with van der Waals surface area (Å²) < 4.78 is 6.34. The van der Waals surface area contributed by atoms with Crippen molar-refractivity contribution in [3.63, 3.8) is 0 Å². The molecule has 0 atom stereocenters. The zero-order valence-corrected chi connectivity index (χ0v) is 21.8. The van der Waals surface area contributed by atoms with Gasteiger partial charge in [0.15, 0.2) is 5.66 Å². The summed E-state index contributed by atoms with van der Waals surface area (Å²) in [5, 5.41) is 4.24. The third-order valence-electron chi connectivity index (χ3n) is 5.83. The maximum atomic E-state index is 12.7. The number of methoxy groups -OCH3 is 1. The van der Waals surface area contributed by atoms with Crippen LogP contribution in [0.1, 0.15) is 25.3 Å². The van der Waals surface area contributed by atoms with E-state index in [0.29, 0.717) is 16.5 Å². The van der Waals surface area contributed by atoms with Crippen LogP contribution in [0, 0.1) is 0 Å². The second kappa shape index (κ2) is 10.6. The Balaban J connectivity index is 1.51. The monoisotopic (exact) mass is 548 g/mol. The highest BCUT2D eigenvalue weighted by Crippen LogP contribution is 2.36. The van der Waals surface area contributed by atoms with Crippen molar-refractivity contribution in [2.75, 3.05) is 37.8 Å². The van der Waals surface area contributed by atoms with E-state index in [9.17, 15) is 4.79 Å². The van der Waals surface area contributed by atoms with Gasteiger partial charge in [-0.1, -0.05) is 58.3 Å². The number of likely N-dealkylation sites (tertiary alicyclic amines) is 1. The smallest absolute Gasteiger partial charge is 0.234 e. The summed E-state index contributed by atoms with van der Waals surface area (Å²) in [6.07, 6.45) is 1.77. The Morgan fingerprint density at radius 2 is 1.94 bits per heavy atom. The molecule has 0 unspecified atom stereocenters. The molecule has 2 aliphatic heterocycles. The summed E-state index contributed by atoms with van der Waals surface area (Å²) >= 11 is 11.0. The lowest BCUT2D eigenvalue weighted by molar-refractivity contribution is -0.113. The molecule has 1 spiro atoms. The second-order valence-corrected chi connectivity index (χ2v) is 10.3. The van der Waals surface area contributed by atoms with Crippen LogP contribution in [0.25, 0.3) is 0 Å². The fourth-order valence-corrected chi connectivity index (χ4v) is 5.28. The van der Waals surface area contributed by atoms with E-state index in [1.165, 1.54) is 11.8 Å². The first-order valence-electron chi connectivity index (χ1n) is 10.9. The maximum absolute atomic E-state index is 12.7. The van der Waals surface area contributed by atoms with Gasteiger partial charge >= 0.3 is 0 Å². The molecule has 0 aliphatic carbocycles. The maximum Gasteiger partial charge on any atom is 0.234 e. The molecule has 2 heterocycles. The first-order valence-corrected chi connectivity index (χ1v) is 13.0. The van der Waals surface area contributed by atoms with E-state index in [1.807, 2.05) is 24.3 Å². The van der Waals surface area contributed by atoms with E-state index in [1.54, 1.807) is 25.3 Å². The van der Waals surface area contributed by atoms with Crippen LogP contribution in [0.15, 0.2) is 56.9 Å². The van der Waals surface area contributed by atoms with Crippen molar-refractivity contribution in [2.24, 2.45) is 9.98 Å². The lowest BCUT2D eigenvalue weighted by Crippen LogP contribution is -2.41. The molecule has 174 valence electrons. The van der Waals surface area contributed by atoms with Crippen LogP contribution in [0.2, 0.25) is 5.02 Å². The number of hydrogen-bond acceptors (Lipinski definition) is 6. The number of amides is 1. The molecule has 1 saturated heterocycles. The number of nitrogens with zero attached hydrogens (tertiary/aromatic N) is 3. The summed E-state index contributed by atoms with van der Waals surface area (Å²) in [5.74, 6) is 0.621. The second-order valence-electron chi connectivity index (χ2n) is 7.98. The quantitative estimate of drug-likeness (QED) is 0.517. The van der Waals surface area contributed by atoms with Gasteiger partial charge in [-0.3, -0.25) is 9.79 Å². The molecule has 2 aromatic rings. The van der Waals surface area contributed by atoms with Gasteiger partial charge in [0, 0.05) is 41.0 Å². The van der Waals surface area contributed by atoms with Crippen molar-refractivity contribution in [3.8, 4) is 5.75 Å². The van der Waals surface area contributed by atoms with Crippen molar-refractivity contribution in [1.82, 2.24) is 4.90 Å². The molecule has 2 aromatic carbocycles. The fourth-order valence-electron chi connectivity index (χ4n) is 3.97. The minimum absolute atomic E-state index is 0.153. The van der Waals surface area contributed by atoms with Crippen molar-refractivity contribution < 1.29 is 9.53 Å². The number of carbonyl (C=O) groups excluding carboxylic acids is 1. The number of piperidine rings is 1. The number of nitrogens with one attached hydrogen (secondary N) is 1. The van der Waals surface area contributed by atoms with Gasteiger partial charge in [0.2, 0.25) is 5.91 Å². The van der Waals surface area contributed by atoms with Crippen molar-refractivity contribution in [3.05, 3.63) is 57.5 Å². The fraction of sp³-hybridized carbons (Fsp3) is 0.375. The zero-order valence-electron chi connectivity index (χ0n) is 18.6. The third kappa shape index (κ3) is 5.80. The molecule has 0 radical (unpaired) electrons. The van der Waals surface area contributed by atoms with Crippen LogP contribution >= 0.6 is 39.3 Å². The average molecular weight is 550 g/mol. The molecule has 0 bridgehead atoms. The highest BCUT2D eigenvalue weighted by molar-refractivity contribution is 9.10. The highest BCUT2D eigenvalue weighted by atomic mass is 79.9. The molecule has 1 N–H and O–H groups in total. The Bertz CT molecular complexity index is 1080. The Hall–Kier alpha value is -1.87. The summed E-state index contributed by atoms with van der Waals surface area (Å²) in [7, 11) is 1.56. The van der Waals surface area contributed by atoms with Gasteiger partial charge in [0.25, 0.3) is 0 Å². The summed E-state index contributed by atoms with van der Waals surface area (Å²) in [6.45, 7) is 5.17. The molecule has 1 fully saturated rings. The number of thioether (sulfide) groups is 1. The largest absolute Gasteiger partial charge is 0.495 e. The lowest BCUT2D eigenvalue weighted by atomic mass is 9.98. The highest BCUT2D eigenvalue weighted by Gasteiger charge is 2.39. The molecule has 2 aliphatic rings. The summed E-state index contributed by atoms with van der Waals surface area (Å²) in [4.78, 5) is 25.3. The van der Waals surface area contributed by atoms with Gasteiger partial charge in [-0.15, -0.1) is 0 Å². The number of ether oxygens (including phenoxy) is 1. The summed E-state index contributed by atoms with van der Waals surface area (Å²) in [6, 6.07) is 13.2. The third-order valence-corrected chi connectivity index (χ3v) is 7.56. The number of hydrogen-bond donors (Lipinski definition) is 1. The van der Waals surface area contributed by atoms with E-state index in [-0.39, 0.29) is 11.7 Å². The molecular formula is C24H26BrClN4O2S. The minimum Gasteiger partial charge on any atom is -0.495 e.